The summed E-state index contributed by atoms with van der Waals surface area (Å²) in [6.07, 6.45) is 0. The Kier molecular flexibility index (Phi) is 4.05. The third-order valence-corrected chi connectivity index (χ3v) is 2.23. The first-order valence-electron chi connectivity index (χ1n) is 5.05. The number of nitrogens with zero attached hydrogens (tertiary/aromatic N) is 1. The highest BCUT2D eigenvalue weighted by Crippen LogP contribution is 2.09. The lowest BCUT2D eigenvalue weighted by Gasteiger charge is -2.11. The molecule has 0 atom stereocenters. The fraction of sp³-hybridized carbons (Fsp3) is 0.333. The number of benzene rings is 1. The van der Waals surface area contributed by atoms with Crippen LogP contribution in [0.4, 0.5) is 5.69 Å². The molecule has 1 aromatic rings. The van der Waals surface area contributed by atoms with E-state index in [1.807, 2.05) is 0 Å². The first-order valence-corrected chi connectivity index (χ1v) is 5.05. The van der Waals surface area contributed by atoms with Gasteiger partial charge in [-0.05, 0) is 31.2 Å². The highest BCUT2D eigenvalue weighted by atomic mass is 16.2. The zero-order valence-corrected chi connectivity index (χ0v) is 9.78. The van der Waals surface area contributed by atoms with Gasteiger partial charge in [-0.1, -0.05) is 0 Å². The van der Waals surface area contributed by atoms with E-state index in [1.54, 1.807) is 38.4 Å². The van der Waals surface area contributed by atoms with Crippen molar-refractivity contribution in [2.45, 2.75) is 6.92 Å². The zero-order valence-electron chi connectivity index (χ0n) is 9.78. The van der Waals surface area contributed by atoms with Crippen LogP contribution in [0.2, 0.25) is 0 Å². The molecular weight excluding hydrogens is 204 g/mol. The number of likely N-dealkylation sites (N-methyl/N-ethyl adjacent to an activating group) is 1. The van der Waals surface area contributed by atoms with Crippen LogP contribution in [0.15, 0.2) is 24.3 Å². The summed E-state index contributed by atoms with van der Waals surface area (Å²) in [5.74, 6) is 0.0477. The minimum absolute atomic E-state index is 0.00986. The number of Topliss-reactive ketones (excluding diaryl/α,β-unsaturated/α-hetero) is 1. The van der Waals surface area contributed by atoms with Crippen molar-refractivity contribution in [3.05, 3.63) is 29.8 Å². The van der Waals surface area contributed by atoms with Gasteiger partial charge in [-0.15, -0.1) is 0 Å². The maximum atomic E-state index is 11.3. The molecule has 0 aliphatic carbocycles. The van der Waals surface area contributed by atoms with Crippen molar-refractivity contribution in [1.82, 2.24) is 4.90 Å². The van der Waals surface area contributed by atoms with Gasteiger partial charge in [0.2, 0.25) is 5.91 Å². The van der Waals surface area contributed by atoms with Crippen LogP contribution in [-0.2, 0) is 4.79 Å². The average Bonchev–Trinajstić information content (AvgIpc) is 2.26. The van der Waals surface area contributed by atoms with Crippen LogP contribution in [-0.4, -0.2) is 37.2 Å². The smallest absolute Gasteiger partial charge is 0.241 e. The van der Waals surface area contributed by atoms with E-state index in [0.717, 1.165) is 5.69 Å². The Morgan fingerprint density at radius 3 is 2.19 bits per heavy atom. The summed E-state index contributed by atoms with van der Waals surface area (Å²) in [5.41, 5.74) is 1.50. The number of hydrogen-bond acceptors (Lipinski definition) is 3. The molecule has 0 aliphatic heterocycles. The molecule has 0 saturated heterocycles. The third-order valence-electron chi connectivity index (χ3n) is 2.23. The summed E-state index contributed by atoms with van der Waals surface area (Å²) in [7, 11) is 3.42. The molecule has 16 heavy (non-hydrogen) atoms. The van der Waals surface area contributed by atoms with Gasteiger partial charge in [-0.2, -0.15) is 0 Å². The number of nitrogens with one attached hydrogen (secondary N) is 1. The largest absolute Gasteiger partial charge is 0.376 e. The van der Waals surface area contributed by atoms with Crippen LogP contribution < -0.4 is 5.32 Å². The third kappa shape index (κ3) is 3.38. The molecule has 86 valence electrons. The number of ketones is 1. The van der Waals surface area contributed by atoms with Crippen LogP contribution in [0.3, 0.4) is 0 Å². The predicted molar refractivity (Wildman–Crippen MR) is 63.6 cm³/mol. The van der Waals surface area contributed by atoms with Crippen LogP contribution in [0.5, 0.6) is 0 Å². The summed E-state index contributed by atoms with van der Waals surface area (Å²) in [6.45, 7) is 1.78. The molecule has 0 spiro atoms. The Morgan fingerprint density at radius 1 is 1.19 bits per heavy atom. The lowest BCUT2D eigenvalue weighted by molar-refractivity contribution is -0.126. The summed E-state index contributed by atoms with van der Waals surface area (Å²) in [5, 5.41) is 2.99. The molecule has 1 rings (SSSR count). The van der Waals surface area contributed by atoms with Crippen LogP contribution in [0, 0.1) is 0 Å². The highest BCUT2D eigenvalue weighted by molar-refractivity contribution is 5.94. The van der Waals surface area contributed by atoms with Crippen LogP contribution >= 0.6 is 0 Å². The number of carbonyl (C=O) groups excluding carboxylic acids is 2. The van der Waals surface area contributed by atoms with E-state index in [9.17, 15) is 9.59 Å². The van der Waals surface area contributed by atoms with E-state index in [4.69, 9.17) is 0 Å². The number of rotatable bonds is 4. The molecular formula is C12H16N2O2. The maximum absolute atomic E-state index is 11.3. The van der Waals surface area contributed by atoms with E-state index in [1.165, 1.54) is 11.8 Å². The van der Waals surface area contributed by atoms with Gasteiger partial charge in [0.15, 0.2) is 5.78 Å². The molecule has 0 aliphatic rings. The molecule has 0 unspecified atom stereocenters. The Labute approximate surface area is 95.3 Å². The second-order valence-electron chi connectivity index (χ2n) is 3.78. The monoisotopic (exact) mass is 220 g/mol. The summed E-state index contributed by atoms with van der Waals surface area (Å²) >= 11 is 0. The van der Waals surface area contributed by atoms with Gasteiger partial charge in [0.1, 0.15) is 0 Å². The summed E-state index contributed by atoms with van der Waals surface area (Å²) < 4.78 is 0. The molecule has 1 amide bonds. The minimum atomic E-state index is 0.00986. The van der Waals surface area contributed by atoms with Gasteiger partial charge in [0, 0.05) is 25.3 Å². The molecule has 0 fully saturated rings. The van der Waals surface area contributed by atoms with E-state index < -0.39 is 0 Å². The van der Waals surface area contributed by atoms with E-state index in [2.05, 4.69) is 5.32 Å². The quantitative estimate of drug-likeness (QED) is 0.780. The van der Waals surface area contributed by atoms with Crippen molar-refractivity contribution in [3.8, 4) is 0 Å². The van der Waals surface area contributed by atoms with Gasteiger partial charge < -0.3 is 10.2 Å². The fourth-order valence-corrected chi connectivity index (χ4v) is 1.16. The first kappa shape index (κ1) is 12.2. The standard InChI is InChI=1S/C12H16N2O2/c1-9(15)10-4-6-11(7-5-10)13-8-12(16)14(2)3/h4-7,13H,8H2,1-3H3. The zero-order chi connectivity index (χ0) is 12.1. The average molecular weight is 220 g/mol. The topological polar surface area (TPSA) is 49.4 Å². The lowest BCUT2D eigenvalue weighted by atomic mass is 10.1. The molecule has 4 heteroatoms. The number of hydrogen-bond donors (Lipinski definition) is 1. The van der Waals surface area contributed by atoms with Crippen molar-refractivity contribution in [1.29, 1.82) is 0 Å². The Balaban J connectivity index is 2.56. The molecule has 1 N–H and O–H groups in total. The molecule has 1 aromatic carbocycles. The van der Waals surface area contributed by atoms with Crippen LogP contribution in [0.25, 0.3) is 0 Å². The van der Waals surface area contributed by atoms with Crippen molar-refractivity contribution in [2.75, 3.05) is 26.0 Å². The summed E-state index contributed by atoms with van der Waals surface area (Å²) in [6, 6.07) is 7.06. The van der Waals surface area contributed by atoms with Crippen molar-refractivity contribution >= 4 is 17.4 Å². The van der Waals surface area contributed by atoms with Gasteiger partial charge in [0.05, 0.1) is 6.54 Å². The maximum Gasteiger partial charge on any atom is 0.241 e. The Hall–Kier alpha value is -1.84. The minimum Gasteiger partial charge on any atom is -0.376 e. The molecule has 4 nitrogen and oxygen atoms in total. The van der Waals surface area contributed by atoms with E-state index >= 15 is 0 Å². The first-order chi connectivity index (χ1) is 7.50. The number of carbonyl (C=O) groups is 2. The Bertz CT molecular complexity index is 383. The molecule has 0 heterocycles. The van der Waals surface area contributed by atoms with Crippen LogP contribution in [0.1, 0.15) is 17.3 Å². The molecule has 0 aromatic heterocycles. The van der Waals surface area contributed by atoms with Crippen molar-refractivity contribution < 1.29 is 9.59 Å². The normalized spacial score (nSPS) is 9.69. The summed E-state index contributed by atoms with van der Waals surface area (Å²) in [4.78, 5) is 23.9. The van der Waals surface area contributed by atoms with Gasteiger partial charge >= 0.3 is 0 Å². The number of anilines is 1. The SMILES string of the molecule is CC(=O)c1ccc(NCC(=O)N(C)C)cc1. The molecule has 0 bridgehead atoms. The second-order valence-corrected chi connectivity index (χ2v) is 3.78. The fourth-order valence-electron chi connectivity index (χ4n) is 1.16. The highest BCUT2D eigenvalue weighted by Gasteiger charge is 2.03. The second kappa shape index (κ2) is 5.30. The van der Waals surface area contributed by atoms with Crippen molar-refractivity contribution in [2.24, 2.45) is 0 Å². The number of amides is 1. The van der Waals surface area contributed by atoms with Crippen molar-refractivity contribution in [3.63, 3.8) is 0 Å². The van der Waals surface area contributed by atoms with Gasteiger partial charge in [-0.25, -0.2) is 0 Å². The van der Waals surface area contributed by atoms with E-state index in [0.29, 0.717) is 5.56 Å². The van der Waals surface area contributed by atoms with Gasteiger partial charge in [0.25, 0.3) is 0 Å². The lowest BCUT2D eigenvalue weighted by Crippen LogP contribution is -2.28. The predicted octanol–water partition coefficient (Wildman–Crippen LogP) is 1.39. The Morgan fingerprint density at radius 2 is 1.75 bits per heavy atom. The molecule has 0 radical (unpaired) electrons. The van der Waals surface area contributed by atoms with Gasteiger partial charge in [-0.3, -0.25) is 9.59 Å². The van der Waals surface area contributed by atoms with E-state index in [-0.39, 0.29) is 18.2 Å². The molecule has 0 saturated carbocycles.